The van der Waals surface area contributed by atoms with Gasteiger partial charge in [-0.1, -0.05) is 20.3 Å². The van der Waals surface area contributed by atoms with Crippen molar-refractivity contribution in [3.05, 3.63) is 0 Å². The molecule has 2 unspecified atom stereocenters. The largest absolute Gasteiger partial charge is 0.379 e. The lowest BCUT2D eigenvalue weighted by Gasteiger charge is -2.45. The number of morpholine rings is 1. The number of thioether (sulfide) groups is 1. The third-order valence-electron chi connectivity index (χ3n) is 6.49. The lowest BCUT2D eigenvalue weighted by atomic mass is 9.78. The molecule has 3 heterocycles. The Bertz CT molecular complexity index is 477. The van der Waals surface area contributed by atoms with Crippen LogP contribution < -0.4 is 5.32 Å². The first-order valence-electron chi connectivity index (χ1n) is 10.5. The monoisotopic (exact) mass is 510 g/mol. The molecule has 7 heteroatoms. The smallest absolute Gasteiger partial charge is 0.193 e. The van der Waals surface area contributed by atoms with Crippen molar-refractivity contribution in [1.82, 2.24) is 15.1 Å². The van der Waals surface area contributed by atoms with Crippen molar-refractivity contribution >= 4 is 41.7 Å². The van der Waals surface area contributed by atoms with Gasteiger partial charge in [-0.3, -0.25) is 9.89 Å². The molecule has 5 nitrogen and oxygen atoms in total. The predicted octanol–water partition coefficient (Wildman–Crippen LogP) is 3.29. The van der Waals surface area contributed by atoms with Crippen LogP contribution in [0.15, 0.2) is 4.99 Å². The third-order valence-corrected chi connectivity index (χ3v) is 7.72. The number of halogens is 1. The van der Waals surface area contributed by atoms with Gasteiger partial charge in [0.05, 0.1) is 13.2 Å². The van der Waals surface area contributed by atoms with Crippen LogP contribution in [-0.4, -0.2) is 85.8 Å². The third kappa shape index (κ3) is 5.89. The molecule has 158 valence electrons. The van der Waals surface area contributed by atoms with E-state index in [-0.39, 0.29) is 29.5 Å². The Kier molecular flexibility index (Phi) is 9.49. The first-order valence-corrected chi connectivity index (χ1v) is 11.6. The molecule has 3 rings (SSSR count). The molecule has 0 aromatic rings. The van der Waals surface area contributed by atoms with Gasteiger partial charge in [-0.25, -0.2) is 0 Å². The van der Waals surface area contributed by atoms with Gasteiger partial charge in [0, 0.05) is 51.1 Å². The Balaban J connectivity index is 0.00000261. The van der Waals surface area contributed by atoms with Crippen LogP contribution in [0.4, 0.5) is 0 Å². The van der Waals surface area contributed by atoms with Crippen LogP contribution in [0.1, 0.15) is 46.0 Å². The molecule has 0 aliphatic carbocycles. The van der Waals surface area contributed by atoms with Crippen molar-refractivity contribution in [2.75, 3.05) is 64.5 Å². The van der Waals surface area contributed by atoms with Crippen LogP contribution in [0.2, 0.25) is 0 Å². The number of nitrogens with one attached hydrogen (secondary N) is 1. The standard InChI is InChI=1S/C20H38N4OS.HI/c1-4-6-19(2)7-5-9-23(16-19)18(21-3)22-15-20(8-14-26-17-20)24-10-12-25-13-11-24;/h4-17H2,1-3H3,(H,21,22);1H. The van der Waals surface area contributed by atoms with Gasteiger partial charge in [-0.2, -0.15) is 11.8 Å². The number of likely N-dealkylation sites (tertiary alicyclic amines) is 1. The topological polar surface area (TPSA) is 40.1 Å². The maximum Gasteiger partial charge on any atom is 0.193 e. The number of aliphatic imine (C=N–C) groups is 1. The Hall–Kier alpha value is 0.270. The van der Waals surface area contributed by atoms with Gasteiger partial charge >= 0.3 is 0 Å². The molecule has 27 heavy (non-hydrogen) atoms. The van der Waals surface area contributed by atoms with Gasteiger partial charge in [0.1, 0.15) is 0 Å². The Labute approximate surface area is 187 Å². The lowest BCUT2D eigenvalue weighted by Crippen LogP contribution is -2.61. The minimum Gasteiger partial charge on any atom is -0.379 e. The van der Waals surface area contributed by atoms with Crippen LogP contribution >= 0.6 is 35.7 Å². The zero-order valence-corrected chi connectivity index (χ0v) is 20.6. The average molecular weight is 511 g/mol. The van der Waals surface area contributed by atoms with E-state index in [9.17, 15) is 0 Å². The Morgan fingerprint density at radius 3 is 2.63 bits per heavy atom. The molecule has 0 aromatic carbocycles. The van der Waals surface area contributed by atoms with Crippen molar-refractivity contribution in [2.24, 2.45) is 10.4 Å². The van der Waals surface area contributed by atoms with E-state index in [4.69, 9.17) is 4.74 Å². The van der Waals surface area contributed by atoms with Gasteiger partial charge in [0.2, 0.25) is 0 Å². The molecule has 0 saturated carbocycles. The number of ether oxygens (including phenoxy) is 1. The van der Waals surface area contributed by atoms with E-state index in [0.29, 0.717) is 5.41 Å². The fourth-order valence-corrected chi connectivity index (χ4v) is 6.49. The van der Waals surface area contributed by atoms with Crippen molar-refractivity contribution in [1.29, 1.82) is 0 Å². The number of guanidine groups is 1. The SMILES string of the molecule is CCCC1(C)CCCN(C(=NC)NCC2(N3CCOCC3)CCSC2)C1.I. The predicted molar refractivity (Wildman–Crippen MR) is 128 cm³/mol. The number of hydrogen-bond donors (Lipinski definition) is 1. The summed E-state index contributed by atoms with van der Waals surface area (Å²) in [5.74, 6) is 3.61. The number of rotatable bonds is 5. The molecule has 3 fully saturated rings. The number of piperidine rings is 1. The second-order valence-corrected chi connectivity index (χ2v) is 9.72. The summed E-state index contributed by atoms with van der Waals surface area (Å²) >= 11 is 2.10. The molecule has 0 spiro atoms. The zero-order valence-electron chi connectivity index (χ0n) is 17.5. The average Bonchev–Trinajstić information content (AvgIpc) is 3.13. The van der Waals surface area contributed by atoms with E-state index < -0.39 is 0 Å². The molecule has 0 radical (unpaired) electrons. The molecular weight excluding hydrogens is 471 g/mol. The molecular formula is C20H39IN4OS. The molecule has 1 N–H and O–H groups in total. The Morgan fingerprint density at radius 2 is 2.00 bits per heavy atom. The summed E-state index contributed by atoms with van der Waals surface area (Å²) in [4.78, 5) is 9.84. The maximum atomic E-state index is 5.59. The summed E-state index contributed by atoms with van der Waals surface area (Å²) in [5, 5.41) is 3.78. The second-order valence-electron chi connectivity index (χ2n) is 8.61. The number of hydrogen-bond acceptors (Lipinski definition) is 4. The second kappa shape index (κ2) is 10.9. The molecule has 2 atom stereocenters. The highest BCUT2D eigenvalue weighted by Gasteiger charge is 2.41. The maximum absolute atomic E-state index is 5.59. The fourth-order valence-electron chi connectivity index (χ4n) is 5.01. The van der Waals surface area contributed by atoms with E-state index >= 15 is 0 Å². The normalized spacial score (nSPS) is 33.0. The highest BCUT2D eigenvalue weighted by atomic mass is 127. The van der Waals surface area contributed by atoms with Gasteiger partial charge in [0.15, 0.2) is 5.96 Å². The van der Waals surface area contributed by atoms with E-state index in [1.54, 1.807) is 0 Å². The van der Waals surface area contributed by atoms with Crippen molar-refractivity contribution in [2.45, 2.75) is 51.5 Å². The summed E-state index contributed by atoms with van der Waals surface area (Å²) in [6.07, 6.45) is 6.49. The lowest BCUT2D eigenvalue weighted by molar-refractivity contribution is -0.0122. The van der Waals surface area contributed by atoms with Crippen LogP contribution in [-0.2, 0) is 4.74 Å². The zero-order chi connectivity index (χ0) is 18.5. The summed E-state index contributed by atoms with van der Waals surface area (Å²) in [6.45, 7) is 11.9. The highest BCUT2D eigenvalue weighted by molar-refractivity contribution is 14.0. The molecule has 3 aliphatic heterocycles. The minimum absolute atomic E-state index is 0. The Morgan fingerprint density at radius 1 is 1.22 bits per heavy atom. The van der Waals surface area contributed by atoms with E-state index in [1.165, 1.54) is 43.6 Å². The van der Waals surface area contributed by atoms with E-state index in [1.807, 2.05) is 7.05 Å². The van der Waals surface area contributed by atoms with Gasteiger partial charge in [0.25, 0.3) is 0 Å². The summed E-state index contributed by atoms with van der Waals surface area (Å²) in [6, 6.07) is 0. The van der Waals surface area contributed by atoms with Gasteiger partial charge in [-0.15, -0.1) is 24.0 Å². The van der Waals surface area contributed by atoms with Crippen LogP contribution in [0.3, 0.4) is 0 Å². The highest BCUT2D eigenvalue weighted by Crippen LogP contribution is 2.35. The first-order chi connectivity index (χ1) is 12.6. The summed E-state index contributed by atoms with van der Waals surface area (Å²) < 4.78 is 5.59. The van der Waals surface area contributed by atoms with E-state index in [2.05, 4.69) is 45.7 Å². The van der Waals surface area contributed by atoms with E-state index in [0.717, 1.165) is 51.9 Å². The van der Waals surface area contributed by atoms with Crippen molar-refractivity contribution in [3.8, 4) is 0 Å². The summed E-state index contributed by atoms with van der Waals surface area (Å²) in [7, 11) is 1.94. The quantitative estimate of drug-likeness (QED) is 0.349. The minimum atomic E-state index is 0. The molecule has 0 aromatic heterocycles. The van der Waals surface area contributed by atoms with Crippen molar-refractivity contribution < 1.29 is 4.74 Å². The fraction of sp³-hybridized carbons (Fsp3) is 0.950. The van der Waals surface area contributed by atoms with Crippen molar-refractivity contribution in [3.63, 3.8) is 0 Å². The first kappa shape index (κ1) is 23.5. The van der Waals surface area contributed by atoms with Gasteiger partial charge in [-0.05, 0) is 36.9 Å². The molecule has 3 saturated heterocycles. The molecule has 0 bridgehead atoms. The van der Waals surface area contributed by atoms with Crippen LogP contribution in [0.25, 0.3) is 0 Å². The number of nitrogens with zero attached hydrogens (tertiary/aromatic N) is 3. The molecule has 0 amide bonds. The van der Waals surface area contributed by atoms with Gasteiger partial charge < -0.3 is 15.0 Å². The molecule has 3 aliphatic rings. The van der Waals surface area contributed by atoms with Crippen LogP contribution in [0.5, 0.6) is 0 Å². The van der Waals surface area contributed by atoms with Crippen LogP contribution in [0, 0.1) is 5.41 Å². The summed E-state index contributed by atoms with van der Waals surface area (Å²) in [5.41, 5.74) is 0.711.